The smallest absolute Gasteiger partial charge is 0.265 e. The van der Waals surface area contributed by atoms with E-state index in [0.717, 1.165) is 6.42 Å². The summed E-state index contributed by atoms with van der Waals surface area (Å²) >= 11 is 0. The van der Waals surface area contributed by atoms with Crippen molar-refractivity contribution >= 4 is 7.82 Å². The molecule has 0 amide bonds. The summed E-state index contributed by atoms with van der Waals surface area (Å²) in [4.78, 5) is 17.9. The first-order valence-electron chi connectivity index (χ1n) is 2.74. The van der Waals surface area contributed by atoms with Crippen LogP contribution < -0.4 is 4.89 Å². The molecule has 0 heterocycles. The van der Waals surface area contributed by atoms with E-state index in [1.165, 1.54) is 0 Å². The molecule has 0 aliphatic rings. The predicted molar refractivity (Wildman–Crippen MR) is 30.7 cm³/mol. The van der Waals surface area contributed by atoms with E-state index in [9.17, 15) is 9.46 Å². The second-order valence-electron chi connectivity index (χ2n) is 1.66. The highest BCUT2D eigenvalue weighted by Gasteiger charge is 1.98. The minimum absolute atomic E-state index is 0.0772. The third kappa shape index (κ3) is 8.11. The van der Waals surface area contributed by atoms with E-state index < -0.39 is 7.82 Å². The van der Waals surface area contributed by atoms with Crippen LogP contribution in [0.1, 0.15) is 19.8 Å². The molecule has 56 valence electrons. The Hall–Kier alpha value is 0.110. The standard InChI is InChI=1S/C4H11O4P/c1-2-3-4-8-9(5,6)7/h2-4H2,1H3,(H2,5,6,7)/p-1. The lowest BCUT2D eigenvalue weighted by Crippen LogP contribution is -2.03. The molecule has 1 N–H and O–H groups in total. The van der Waals surface area contributed by atoms with Gasteiger partial charge in [0.05, 0.1) is 6.61 Å². The summed E-state index contributed by atoms with van der Waals surface area (Å²) < 4.78 is 13.9. The molecule has 0 aromatic heterocycles. The summed E-state index contributed by atoms with van der Waals surface area (Å²) in [6, 6.07) is 0. The van der Waals surface area contributed by atoms with Crippen LogP contribution in [0.5, 0.6) is 0 Å². The first-order chi connectivity index (χ1) is 4.06. The highest BCUT2D eigenvalue weighted by atomic mass is 31.2. The Balaban J connectivity index is 3.18. The molecule has 0 spiro atoms. The lowest BCUT2D eigenvalue weighted by Gasteiger charge is -2.14. The van der Waals surface area contributed by atoms with Gasteiger partial charge in [0.25, 0.3) is 7.82 Å². The van der Waals surface area contributed by atoms with Gasteiger partial charge in [-0.05, 0) is 6.42 Å². The zero-order valence-electron chi connectivity index (χ0n) is 5.24. The fraction of sp³-hybridized carbons (Fsp3) is 1.00. The van der Waals surface area contributed by atoms with Gasteiger partial charge in [-0.25, -0.2) is 0 Å². The normalized spacial score (nSPS) is 17.2. The van der Waals surface area contributed by atoms with Gasteiger partial charge in [0.2, 0.25) is 0 Å². The third-order valence-electron chi connectivity index (χ3n) is 0.752. The molecule has 5 heteroatoms. The van der Waals surface area contributed by atoms with Crippen LogP contribution in [0.25, 0.3) is 0 Å². The van der Waals surface area contributed by atoms with Crippen molar-refractivity contribution in [1.29, 1.82) is 0 Å². The Labute approximate surface area is 54.1 Å². The highest BCUT2D eigenvalue weighted by Crippen LogP contribution is 2.30. The minimum Gasteiger partial charge on any atom is -0.756 e. The summed E-state index contributed by atoms with van der Waals surface area (Å²) in [6.45, 7) is 1.98. The van der Waals surface area contributed by atoms with E-state index in [0.29, 0.717) is 6.42 Å². The summed E-state index contributed by atoms with van der Waals surface area (Å²) in [6.07, 6.45) is 1.49. The van der Waals surface area contributed by atoms with Crippen LogP contribution in [0.15, 0.2) is 0 Å². The van der Waals surface area contributed by atoms with Gasteiger partial charge in [-0.2, -0.15) is 0 Å². The molecule has 0 bridgehead atoms. The summed E-state index contributed by atoms with van der Waals surface area (Å²) in [5.74, 6) is 0. The Bertz CT molecular complexity index is 107. The van der Waals surface area contributed by atoms with Crippen molar-refractivity contribution < 1.29 is 18.9 Å². The Kier molecular flexibility index (Phi) is 4.06. The molecule has 1 unspecified atom stereocenters. The molecular weight excluding hydrogens is 143 g/mol. The van der Waals surface area contributed by atoms with Crippen molar-refractivity contribution in [3.05, 3.63) is 0 Å². The zero-order chi connectivity index (χ0) is 7.33. The summed E-state index contributed by atoms with van der Waals surface area (Å²) in [7, 11) is -4.45. The van der Waals surface area contributed by atoms with Crippen LogP contribution in [0, 0.1) is 0 Å². The van der Waals surface area contributed by atoms with E-state index in [4.69, 9.17) is 4.89 Å². The van der Waals surface area contributed by atoms with Crippen molar-refractivity contribution in [1.82, 2.24) is 0 Å². The molecule has 1 atom stereocenters. The van der Waals surface area contributed by atoms with E-state index in [2.05, 4.69) is 4.52 Å². The van der Waals surface area contributed by atoms with Crippen LogP contribution >= 0.6 is 7.82 Å². The summed E-state index contributed by atoms with van der Waals surface area (Å²) in [5.41, 5.74) is 0. The van der Waals surface area contributed by atoms with Crippen molar-refractivity contribution in [2.24, 2.45) is 0 Å². The van der Waals surface area contributed by atoms with Gasteiger partial charge in [-0.1, -0.05) is 13.3 Å². The number of hydrogen-bond donors (Lipinski definition) is 1. The van der Waals surface area contributed by atoms with Gasteiger partial charge in [0.15, 0.2) is 0 Å². The number of unbranched alkanes of at least 4 members (excludes halogenated alkanes) is 1. The molecule has 0 aromatic rings. The van der Waals surface area contributed by atoms with E-state index in [-0.39, 0.29) is 6.61 Å². The molecule has 0 saturated heterocycles. The van der Waals surface area contributed by atoms with Crippen molar-refractivity contribution in [3.8, 4) is 0 Å². The van der Waals surface area contributed by atoms with E-state index >= 15 is 0 Å². The van der Waals surface area contributed by atoms with Gasteiger partial charge in [-0.15, -0.1) is 0 Å². The molecule has 0 fully saturated rings. The van der Waals surface area contributed by atoms with Crippen LogP contribution in [-0.2, 0) is 9.09 Å². The quantitative estimate of drug-likeness (QED) is 0.464. The fourth-order valence-electron chi connectivity index (χ4n) is 0.324. The van der Waals surface area contributed by atoms with Gasteiger partial charge in [0.1, 0.15) is 0 Å². The first kappa shape index (κ1) is 9.11. The monoisotopic (exact) mass is 153 g/mol. The van der Waals surface area contributed by atoms with E-state index in [1.807, 2.05) is 6.92 Å². The SMILES string of the molecule is CCCCOP(=O)([O-])O. The van der Waals surface area contributed by atoms with Crippen molar-refractivity contribution in [2.75, 3.05) is 6.61 Å². The third-order valence-corrected chi connectivity index (χ3v) is 1.26. The topological polar surface area (TPSA) is 69.6 Å². The lowest BCUT2D eigenvalue weighted by molar-refractivity contribution is -0.219. The maximum Gasteiger partial charge on any atom is 0.265 e. The van der Waals surface area contributed by atoms with Crippen LogP contribution in [0.3, 0.4) is 0 Å². The molecule has 0 saturated carbocycles. The molecule has 4 nitrogen and oxygen atoms in total. The number of phosphoric acid groups is 1. The predicted octanol–water partition coefficient (Wildman–Crippen LogP) is 0.264. The maximum absolute atomic E-state index is 9.87. The molecule has 0 aliphatic heterocycles. The average Bonchev–Trinajstić information content (AvgIpc) is 1.63. The Morgan fingerprint density at radius 1 is 1.78 bits per heavy atom. The molecule has 9 heavy (non-hydrogen) atoms. The molecule has 0 rings (SSSR count). The van der Waals surface area contributed by atoms with Crippen LogP contribution in [-0.4, -0.2) is 11.5 Å². The van der Waals surface area contributed by atoms with Crippen LogP contribution in [0.2, 0.25) is 0 Å². The van der Waals surface area contributed by atoms with Gasteiger partial charge >= 0.3 is 0 Å². The van der Waals surface area contributed by atoms with Gasteiger partial charge in [-0.3, -0.25) is 4.57 Å². The first-order valence-corrected chi connectivity index (χ1v) is 4.24. The van der Waals surface area contributed by atoms with Crippen molar-refractivity contribution in [2.45, 2.75) is 19.8 Å². The van der Waals surface area contributed by atoms with Gasteiger partial charge < -0.3 is 14.3 Å². The number of rotatable bonds is 4. The largest absolute Gasteiger partial charge is 0.756 e. The lowest BCUT2D eigenvalue weighted by atomic mass is 10.4. The van der Waals surface area contributed by atoms with Crippen molar-refractivity contribution in [3.63, 3.8) is 0 Å². The van der Waals surface area contributed by atoms with Crippen LogP contribution in [0.4, 0.5) is 0 Å². The average molecular weight is 153 g/mol. The highest BCUT2D eigenvalue weighted by molar-refractivity contribution is 7.44. The summed E-state index contributed by atoms with van der Waals surface area (Å²) in [5, 5.41) is 0. The Morgan fingerprint density at radius 2 is 2.33 bits per heavy atom. The van der Waals surface area contributed by atoms with Gasteiger partial charge in [0, 0.05) is 0 Å². The second kappa shape index (κ2) is 4.01. The molecular formula is C4H10O4P-. The number of phosphoric ester groups is 1. The minimum atomic E-state index is -4.45. The maximum atomic E-state index is 9.87. The zero-order valence-corrected chi connectivity index (χ0v) is 6.13. The molecule has 0 aliphatic carbocycles. The Morgan fingerprint density at radius 3 is 2.67 bits per heavy atom. The number of hydrogen-bond acceptors (Lipinski definition) is 3. The fourth-order valence-corrected chi connectivity index (χ4v) is 0.684. The van der Waals surface area contributed by atoms with E-state index in [1.54, 1.807) is 0 Å². The molecule has 0 aromatic carbocycles. The molecule has 0 radical (unpaired) electrons. The second-order valence-corrected chi connectivity index (χ2v) is 2.85.